The van der Waals surface area contributed by atoms with E-state index in [9.17, 15) is 0 Å². The Kier molecular flexibility index (Phi) is 4.12. The van der Waals surface area contributed by atoms with E-state index in [1.807, 2.05) is 5.01 Å². The molecule has 0 aromatic rings. The van der Waals surface area contributed by atoms with Crippen molar-refractivity contribution in [3.8, 4) is 0 Å². The molecule has 16 heavy (non-hydrogen) atoms. The van der Waals surface area contributed by atoms with Crippen LogP contribution in [0.4, 0.5) is 0 Å². The van der Waals surface area contributed by atoms with Gasteiger partial charge >= 0.3 is 0 Å². The van der Waals surface area contributed by atoms with Gasteiger partial charge in [-0.05, 0) is 12.8 Å². The lowest BCUT2D eigenvalue weighted by atomic mass is 10.2. The van der Waals surface area contributed by atoms with Crippen molar-refractivity contribution in [3.05, 3.63) is 0 Å². The van der Waals surface area contributed by atoms with Gasteiger partial charge in [-0.1, -0.05) is 18.4 Å². The van der Waals surface area contributed by atoms with E-state index in [1.165, 1.54) is 25.7 Å². The maximum absolute atomic E-state index is 6.31. The first-order valence-corrected chi connectivity index (χ1v) is 6.36. The third-order valence-electron chi connectivity index (χ3n) is 3.52. The summed E-state index contributed by atoms with van der Waals surface area (Å²) < 4.78 is 0.438. The van der Waals surface area contributed by atoms with Crippen molar-refractivity contribution in [2.45, 2.75) is 25.7 Å². The van der Waals surface area contributed by atoms with Crippen LogP contribution in [0.25, 0.3) is 0 Å². The van der Waals surface area contributed by atoms with Crippen molar-refractivity contribution < 1.29 is 4.70 Å². The number of quaternary nitrogens is 1. The van der Waals surface area contributed by atoms with Crippen molar-refractivity contribution in [3.63, 3.8) is 0 Å². The highest BCUT2D eigenvalue weighted by molar-refractivity contribution is 4.59. The van der Waals surface area contributed by atoms with E-state index in [-0.39, 0.29) is 0 Å². The molecule has 2 aliphatic rings. The molecule has 0 bridgehead atoms. The Balaban J connectivity index is 1.82. The maximum Gasteiger partial charge on any atom is 0.130 e. The molecule has 0 saturated carbocycles. The fourth-order valence-corrected chi connectivity index (χ4v) is 2.39. The summed E-state index contributed by atoms with van der Waals surface area (Å²) >= 11 is 0. The van der Waals surface area contributed by atoms with Gasteiger partial charge in [-0.25, -0.2) is 5.01 Å². The Bertz CT molecular complexity index is 205. The number of nitrogens with two attached hydrogens (primary N) is 2. The van der Waals surface area contributed by atoms with Gasteiger partial charge in [0.15, 0.2) is 0 Å². The first kappa shape index (κ1) is 12.2. The Morgan fingerprint density at radius 1 is 0.875 bits per heavy atom. The molecule has 2 rings (SSSR count). The zero-order valence-electron chi connectivity index (χ0n) is 10.1. The van der Waals surface area contributed by atoms with Crippen LogP contribution in [0.5, 0.6) is 0 Å². The second-order valence-corrected chi connectivity index (χ2v) is 5.02. The molecule has 2 fully saturated rings. The fraction of sp³-hybridized carbons (Fsp3) is 1.00. The second-order valence-electron chi connectivity index (χ2n) is 5.02. The zero-order valence-corrected chi connectivity index (χ0v) is 10.1. The standard InChI is InChI=1S/C10H25N6/c11-14-7-9-16(12,10-8-14)13-15-5-3-1-2-4-6-15/h13H,1-12H2/q+1. The van der Waals surface area contributed by atoms with Crippen LogP contribution in [0, 0.1) is 0 Å². The molecule has 2 saturated heterocycles. The molecule has 0 aromatic carbocycles. The van der Waals surface area contributed by atoms with E-state index >= 15 is 0 Å². The molecule has 0 radical (unpaired) electrons. The summed E-state index contributed by atoms with van der Waals surface area (Å²) in [6.45, 7) is 5.68. The van der Waals surface area contributed by atoms with Gasteiger partial charge in [0.2, 0.25) is 0 Å². The third kappa shape index (κ3) is 3.38. The van der Waals surface area contributed by atoms with Crippen LogP contribution >= 0.6 is 0 Å². The largest absolute Gasteiger partial charge is 0.268 e. The van der Waals surface area contributed by atoms with Crippen molar-refractivity contribution in [2.24, 2.45) is 11.7 Å². The molecule has 2 heterocycles. The predicted molar refractivity (Wildman–Crippen MR) is 63.1 cm³/mol. The molecule has 94 valence electrons. The zero-order chi connectivity index (χ0) is 11.4. The fourth-order valence-electron chi connectivity index (χ4n) is 2.39. The van der Waals surface area contributed by atoms with Crippen LogP contribution in [-0.2, 0) is 0 Å². The van der Waals surface area contributed by atoms with E-state index in [0.717, 1.165) is 39.3 Å². The SMILES string of the molecule is NN1CC[N+](N)(NN2CCCCCC2)CC1. The summed E-state index contributed by atoms with van der Waals surface area (Å²) in [6, 6.07) is 0. The molecular formula is C10H25N6+. The third-order valence-corrected chi connectivity index (χ3v) is 3.52. The number of nitrogens with zero attached hydrogens (tertiary/aromatic N) is 3. The second kappa shape index (κ2) is 5.39. The van der Waals surface area contributed by atoms with Gasteiger partial charge in [0.1, 0.15) is 13.1 Å². The Morgan fingerprint density at radius 3 is 2.00 bits per heavy atom. The highest BCUT2D eigenvalue weighted by atomic mass is 15.9. The van der Waals surface area contributed by atoms with Crippen molar-refractivity contribution in [1.82, 2.24) is 15.6 Å². The van der Waals surface area contributed by atoms with Gasteiger partial charge in [-0.3, -0.25) is 5.84 Å². The average Bonchev–Trinajstić information content (AvgIpc) is 2.51. The molecule has 2 aliphatic heterocycles. The predicted octanol–water partition coefficient (Wildman–Crippen LogP) is -0.838. The molecule has 0 spiro atoms. The summed E-state index contributed by atoms with van der Waals surface area (Å²) in [7, 11) is 0. The lowest BCUT2D eigenvalue weighted by Gasteiger charge is -2.41. The average molecular weight is 229 g/mol. The molecule has 6 heteroatoms. The summed E-state index contributed by atoms with van der Waals surface area (Å²) in [5, 5.41) is 4.13. The van der Waals surface area contributed by atoms with Gasteiger partial charge in [-0.15, -0.1) is 0 Å². The minimum atomic E-state index is 0.438. The topological polar surface area (TPSA) is 70.5 Å². The molecule has 0 atom stereocenters. The highest BCUT2D eigenvalue weighted by Gasteiger charge is 2.31. The van der Waals surface area contributed by atoms with Gasteiger partial charge in [0.25, 0.3) is 0 Å². The smallest absolute Gasteiger partial charge is 0.130 e. The Labute approximate surface area is 97.6 Å². The lowest BCUT2D eigenvalue weighted by Crippen LogP contribution is -2.74. The van der Waals surface area contributed by atoms with E-state index < -0.39 is 0 Å². The van der Waals surface area contributed by atoms with Gasteiger partial charge in [0, 0.05) is 13.1 Å². The molecule has 0 aromatic heterocycles. The molecule has 6 nitrogen and oxygen atoms in total. The van der Waals surface area contributed by atoms with Crippen LogP contribution in [0.3, 0.4) is 0 Å². The molecule has 5 N–H and O–H groups in total. The number of rotatable bonds is 2. The lowest BCUT2D eigenvalue weighted by molar-refractivity contribution is -0.998. The van der Waals surface area contributed by atoms with E-state index in [1.54, 1.807) is 0 Å². The van der Waals surface area contributed by atoms with E-state index in [2.05, 4.69) is 10.5 Å². The van der Waals surface area contributed by atoms with Crippen LogP contribution in [0.1, 0.15) is 25.7 Å². The Hall–Kier alpha value is -0.240. The van der Waals surface area contributed by atoms with Crippen LogP contribution in [0.2, 0.25) is 0 Å². The molecule has 0 aliphatic carbocycles. The van der Waals surface area contributed by atoms with Crippen LogP contribution in [0.15, 0.2) is 0 Å². The molecule has 0 unspecified atom stereocenters. The van der Waals surface area contributed by atoms with Gasteiger partial charge in [0.05, 0.1) is 13.1 Å². The van der Waals surface area contributed by atoms with E-state index in [0.29, 0.717) is 4.70 Å². The first-order chi connectivity index (χ1) is 7.68. The van der Waals surface area contributed by atoms with Crippen molar-refractivity contribution in [2.75, 3.05) is 39.3 Å². The number of hydrogen-bond donors (Lipinski definition) is 3. The summed E-state index contributed by atoms with van der Waals surface area (Å²) in [5.41, 5.74) is 3.46. The van der Waals surface area contributed by atoms with Crippen LogP contribution < -0.4 is 17.2 Å². The number of piperazine rings is 1. The normalized spacial score (nSPS) is 28.9. The summed E-state index contributed by atoms with van der Waals surface area (Å²) in [5.74, 6) is 12.0. The molecular weight excluding hydrogens is 204 g/mol. The van der Waals surface area contributed by atoms with Gasteiger partial charge < -0.3 is 0 Å². The molecule has 0 amide bonds. The minimum absolute atomic E-state index is 0.438. The summed E-state index contributed by atoms with van der Waals surface area (Å²) in [6.07, 6.45) is 5.24. The minimum Gasteiger partial charge on any atom is -0.268 e. The first-order valence-electron chi connectivity index (χ1n) is 6.36. The quantitative estimate of drug-likeness (QED) is 0.425. The van der Waals surface area contributed by atoms with Gasteiger partial charge in [-0.2, -0.15) is 15.6 Å². The summed E-state index contributed by atoms with van der Waals surface area (Å²) in [4.78, 5) is 0. The monoisotopic (exact) mass is 229 g/mol. The van der Waals surface area contributed by atoms with Crippen molar-refractivity contribution in [1.29, 1.82) is 0 Å². The number of hydrazine groups is 2. The number of nitrogens with one attached hydrogen (secondary N) is 1. The maximum atomic E-state index is 6.31. The highest BCUT2D eigenvalue weighted by Crippen LogP contribution is 2.09. The van der Waals surface area contributed by atoms with Crippen LogP contribution in [-0.4, -0.2) is 54.0 Å². The van der Waals surface area contributed by atoms with E-state index in [4.69, 9.17) is 11.7 Å². The Morgan fingerprint density at radius 2 is 1.44 bits per heavy atom. The van der Waals surface area contributed by atoms with Crippen molar-refractivity contribution >= 4 is 0 Å². The number of hydrogen-bond acceptors (Lipinski definition) is 5.